The molecule has 6 heteroatoms. The molecule has 0 aliphatic heterocycles. The third kappa shape index (κ3) is 4.28. The Morgan fingerprint density at radius 2 is 2.15 bits per heavy atom. The van der Waals surface area contributed by atoms with E-state index in [2.05, 4.69) is 17.0 Å². The van der Waals surface area contributed by atoms with Crippen molar-refractivity contribution in [2.24, 2.45) is 5.92 Å². The normalized spacial score (nSPS) is 23.9. The summed E-state index contributed by atoms with van der Waals surface area (Å²) in [5.41, 5.74) is 0. The van der Waals surface area contributed by atoms with Gasteiger partial charge in [0.2, 0.25) is 10.0 Å². The minimum absolute atomic E-state index is 0.103. The first-order chi connectivity index (χ1) is 9.51. The summed E-state index contributed by atoms with van der Waals surface area (Å²) in [4.78, 5) is 1.11. The van der Waals surface area contributed by atoms with E-state index in [0.29, 0.717) is 10.1 Å². The van der Waals surface area contributed by atoms with E-state index in [1.54, 1.807) is 6.07 Å². The third-order valence-corrected chi connectivity index (χ3v) is 6.94. The molecule has 1 aromatic heterocycles. The molecule has 1 aromatic rings. The predicted octanol–water partition coefficient (Wildman–Crippen LogP) is 2.37. The number of nitrogens with one attached hydrogen (secondary N) is 2. The van der Waals surface area contributed by atoms with E-state index in [1.165, 1.54) is 17.8 Å². The van der Waals surface area contributed by atoms with Crippen molar-refractivity contribution in [2.45, 2.75) is 49.3 Å². The molecule has 0 bridgehead atoms. The number of hydrogen-bond acceptors (Lipinski definition) is 4. The highest BCUT2D eigenvalue weighted by Gasteiger charge is 2.25. The molecule has 1 heterocycles. The molecule has 1 aliphatic rings. The maximum atomic E-state index is 12.4. The number of sulfonamides is 1. The molecule has 0 saturated heterocycles. The van der Waals surface area contributed by atoms with Crippen LogP contribution in [0, 0.1) is 5.92 Å². The van der Waals surface area contributed by atoms with Gasteiger partial charge in [-0.3, -0.25) is 0 Å². The van der Waals surface area contributed by atoms with E-state index in [9.17, 15) is 8.42 Å². The van der Waals surface area contributed by atoms with Crippen LogP contribution in [0.5, 0.6) is 0 Å². The summed E-state index contributed by atoms with van der Waals surface area (Å²) in [6.45, 7) is 3.06. The number of rotatable bonds is 6. The van der Waals surface area contributed by atoms with Gasteiger partial charge in [0.1, 0.15) is 4.21 Å². The van der Waals surface area contributed by atoms with Gasteiger partial charge in [-0.25, -0.2) is 13.1 Å². The van der Waals surface area contributed by atoms with Crippen LogP contribution in [0.25, 0.3) is 0 Å². The van der Waals surface area contributed by atoms with Crippen molar-refractivity contribution in [1.82, 2.24) is 10.0 Å². The van der Waals surface area contributed by atoms with Crippen molar-refractivity contribution in [3.8, 4) is 0 Å². The van der Waals surface area contributed by atoms with Crippen LogP contribution < -0.4 is 10.0 Å². The highest BCUT2D eigenvalue weighted by molar-refractivity contribution is 7.91. The molecular weight excluding hydrogens is 292 g/mol. The summed E-state index contributed by atoms with van der Waals surface area (Å²) in [5.74, 6) is 0.617. The lowest BCUT2D eigenvalue weighted by atomic mass is 9.88. The van der Waals surface area contributed by atoms with Crippen LogP contribution in [0.4, 0.5) is 0 Å². The van der Waals surface area contributed by atoms with Crippen LogP contribution >= 0.6 is 11.3 Å². The molecule has 0 amide bonds. The molecule has 0 radical (unpaired) electrons. The first-order valence-corrected chi connectivity index (χ1v) is 9.57. The van der Waals surface area contributed by atoms with Gasteiger partial charge in [0.25, 0.3) is 0 Å². The van der Waals surface area contributed by atoms with Gasteiger partial charge in [-0.1, -0.05) is 19.8 Å². The van der Waals surface area contributed by atoms with Crippen LogP contribution in [-0.4, -0.2) is 28.1 Å². The molecule has 0 spiro atoms. The van der Waals surface area contributed by atoms with Crippen molar-refractivity contribution in [3.63, 3.8) is 0 Å². The number of thiophene rings is 1. The maximum Gasteiger partial charge on any atom is 0.250 e. The van der Waals surface area contributed by atoms with Gasteiger partial charge < -0.3 is 5.32 Å². The average molecular weight is 316 g/mol. The zero-order valence-electron chi connectivity index (χ0n) is 12.2. The Bertz CT molecular complexity index is 525. The summed E-state index contributed by atoms with van der Waals surface area (Å²) < 4.78 is 28.1. The van der Waals surface area contributed by atoms with E-state index in [0.717, 1.165) is 37.1 Å². The third-order valence-electron chi connectivity index (χ3n) is 3.78. The molecular formula is C14H24N2O2S2. The van der Waals surface area contributed by atoms with Crippen LogP contribution in [0.2, 0.25) is 0 Å². The second-order valence-corrected chi connectivity index (χ2v) is 8.77. The SMILES string of the molecule is CNCCc1ccc(S(=O)(=O)NC2CCCC(C)C2)s1. The summed E-state index contributed by atoms with van der Waals surface area (Å²) in [5, 5.41) is 3.08. The fourth-order valence-corrected chi connectivity index (χ4v) is 5.36. The van der Waals surface area contributed by atoms with Crippen molar-refractivity contribution in [1.29, 1.82) is 0 Å². The topological polar surface area (TPSA) is 58.2 Å². The van der Waals surface area contributed by atoms with Crippen LogP contribution in [-0.2, 0) is 16.4 Å². The Balaban J connectivity index is 2.00. The standard InChI is InChI=1S/C14H24N2O2S2/c1-11-4-3-5-12(10-11)16-20(17,18)14-7-6-13(19-14)8-9-15-2/h6-7,11-12,15-16H,3-5,8-10H2,1-2H3. The van der Waals surface area contributed by atoms with E-state index in [4.69, 9.17) is 0 Å². The van der Waals surface area contributed by atoms with Crippen molar-refractivity contribution < 1.29 is 8.42 Å². The zero-order valence-corrected chi connectivity index (χ0v) is 13.8. The molecule has 2 rings (SSSR count). The first-order valence-electron chi connectivity index (χ1n) is 7.27. The van der Waals surface area contributed by atoms with E-state index < -0.39 is 10.0 Å². The fourth-order valence-electron chi connectivity index (χ4n) is 2.70. The van der Waals surface area contributed by atoms with Gasteiger partial charge in [-0.15, -0.1) is 11.3 Å². The largest absolute Gasteiger partial charge is 0.319 e. The lowest BCUT2D eigenvalue weighted by Gasteiger charge is -2.26. The smallest absolute Gasteiger partial charge is 0.250 e. The predicted molar refractivity (Wildman–Crippen MR) is 83.7 cm³/mol. The van der Waals surface area contributed by atoms with Crippen molar-refractivity contribution in [3.05, 3.63) is 17.0 Å². The van der Waals surface area contributed by atoms with Gasteiger partial charge in [-0.05, 0) is 50.9 Å². The minimum Gasteiger partial charge on any atom is -0.319 e. The molecule has 1 aliphatic carbocycles. The summed E-state index contributed by atoms with van der Waals surface area (Å²) in [6.07, 6.45) is 5.12. The van der Waals surface area contributed by atoms with Crippen molar-refractivity contribution in [2.75, 3.05) is 13.6 Å². The van der Waals surface area contributed by atoms with Gasteiger partial charge in [0.15, 0.2) is 0 Å². The number of hydrogen-bond donors (Lipinski definition) is 2. The Morgan fingerprint density at radius 1 is 1.35 bits per heavy atom. The van der Waals surface area contributed by atoms with E-state index in [1.807, 2.05) is 13.1 Å². The van der Waals surface area contributed by atoms with Gasteiger partial charge in [0, 0.05) is 10.9 Å². The van der Waals surface area contributed by atoms with Gasteiger partial charge >= 0.3 is 0 Å². The Morgan fingerprint density at radius 3 is 2.85 bits per heavy atom. The number of likely N-dealkylation sites (N-methyl/N-ethyl adjacent to an activating group) is 1. The lowest BCUT2D eigenvalue weighted by molar-refractivity contribution is 0.327. The van der Waals surface area contributed by atoms with Crippen LogP contribution in [0.1, 0.15) is 37.5 Å². The van der Waals surface area contributed by atoms with Crippen LogP contribution in [0.3, 0.4) is 0 Å². The molecule has 2 N–H and O–H groups in total. The highest BCUT2D eigenvalue weighted by atomic mass is 32.2. The quantitative estimate of drug-likeness (QED) is 0.847. The second-order valence-electron chi connectivity index (χ2n) is 5.66. The van der Waals surface area contributed by atoms with E-state index >= 15 is 0 Å². The highest BCUT2D eigenvalue weighted by Crippen LogP contribution is 2.27. The van der Waals surface area contributed by atoms with Gasteiger partial charge in [0.05, 0.1) is 0 Å². The molecule has 4 nitrogen and oxygen atoms in total. The monoisotopic (exact) mass is 316 g/mol. The molecule has 20 heavy (non-hydrogen) atoms. The molecule has 2 unspecified atom stereocenters. The molecule has 2 atom stereocenters. The molecule has 1 fully saturated rings. The Labute approximate surface area is 126 Å². The minimum atomic E-state index is -3.34. The zero-order chi connectivity index (χ0) is 14.6. The molecule has 114 valence electrons. The fraction of sp³-hybridized carbons (Fsp3) is 0.714. The first kappa shape index (κ1) is 15.9. The van der Waals surface area contributed by atoms with Gasteiger partial charge in [-0.2, -0.15) is 0 Å². The van der Waals surface area contributed by atoms with Crippen molar-refractivity contribution >= 4 is 21.4 Å². The Kier molecular flexibility index (Phi) is 5.60. The van der Waals surface area contributed by atoms with Crippen LogP contribution in [0.15, 0.2) is 16.3 Å². The molecule has 0 aromatic carbocycles. The second kappa shape index (κ2) is 7.02. The Hall–Kier alpha value is -0.430. The summed E-state index contributed by atoms with van der Waals surface area (Å²) in [6, 6.07) is 3.75. The summed E-state index contributed by atoms with van der Waals surface area (Å²) >= 11 is 1.38. The van der Waals surface area contributed by atoms with E-state index in [-0.39, 0.29) is 6.04 Å². The molecule has 1 saturated carbocycles. The average Bonchev–Trinajstić information content (AvgIpc) is 2.85. The summed E-state index contributed by atoms with van der Waals surface area (Å²) in [7, 11) is -1.44. The lowest BCUT2D eigenvalue weighted by Crippen LogP contribution is -2.37. The maximum absolute atomic E-state index is 12.4.